The highest BCUT2D eigenvalue weighted by molar-refractivity contribution is 7.09. The van der Waals surface area contributed by atoms with Crippen molar-refractivity contribution in [3.05, 3.63) is 64.4 Å². The molecule has 5 rings (SSSR count). The van der Waals surface area contributed by atoms with Crippen molar-refractivity contribution in [2.75, 3.05) is 13.2 Å². The molecule has 1 aromatic carbocycles. The van der Waals surface area contributed by atoms with Crippen LogP contribution in [-0.4, -0.2) is 29.0 Å². The summed E-state index contributed by atoms with van der Waals surface area (Å²) in [6.07, 6.45) is 9.65. The Labute approximate surface area is 190 Å². The number of thiazole rings is 1. The molecule has 0 fully saturated rings. The Morgan fingerprint density at radius 3 is 2.94 bits per heavy atom. The van der Waals surface area contributed by atoms with E-state index in [4.69, 9.17) is 9.15 Å². The molecule has 0 spiro atoms. The zero-order chi connectivity index (χ0) is 21.8. The van der Waals surface area contributed by atoms with Crippen molar-refractivity contribution < 1.29 is 13.9 Å². The Bertz CT molecular complexity index is 1220. The summed E-state index contributed by atoms with van der Waals surface area (Å²) in [4.78, 5) is 20.9. The fourth-order valence-electron chi connectivity index (χ4n) is 4.08. The van der Waals surface area contributed by atoms with Gasteiger partial charge in [-0.05, 0) is 56.0 Å². The summed E-state index contributed by atoms with van der Waals surface area (Å²) in [7, 11) is 0. The van der Waals surface area contributed by atoms with Crippen molar-refractivity contribution in [1.29, 1.82) is 0 Å². The molecule has 4 aromatic rings. The maximum atomic E-state index is 12.2. The fourth-order valence-corrected chi connectivity index (χ4v) is 4.93. The Hall–Kier alpha value is -3.19. The lowest BCUT2D eigenvalue weighted by Crippen LogP contribution is -2.29. The summed E-state index contributed by atoms with van der Waals surface area (Å²) in [5.41, 5.74) is 4.25. The zero-order valence-electron chi connectivity index (χ0n) is 17.8. The summed E-state index contributed by atoms with van der Waals surface area (Å²) in [5, 5.41) is 7.18. The predicted molar refractivity (Wildman–Crippen MR) is 125 cm³/mol. The largest absolute Gasteiger partial charge is 0.484 e. The fraction of sp³-hybridized carbons (Fsp3) is 0.320. The van der Waals surface area contributed by atoms with Crippen molar-refractivity contribution >= 4 is 28.2 Å². The zero-order valence-corrected chi connectivity index (χ0v) is 18.6. The van der Waals surface area contributed by atoms with Crippen LogP contribution in [0, 0.1) is 0 Å². The van der Waals surface area contributed by atoms with Crippen LogP contribution in [0.4, 0.5) is 0 Å². The standard InChI is InChI=1S/C25H25N3O3S/c29-24(27-11-3-6-25-28-21(16-32-25)17-9-12-26-13-10-17)15-30-18-7-8-23-20(14-18)19-4-1-2-5-22(19)31-23/h7-10,12-14,16H,1-6,11,15H2,(H,27,29). The molecule has 6 nitrogen and oxygen atoms in total. The second-order valence-corrected chi connectivity index (χ2v) is 8.92. The molecule has 32 heavy (non-hydrogen) atoms. The number of aryl methyl sites for hydroxylation is 3. The average molecular weight is 448 g/mol. The number of hydrogen-bond donors (Lipinski definition) is 1. The predicted octanol–water partition coefficient (Wildman–Crippen LogP) is 4.96. The lowest BCUT2D eigenvalue weighted by atomic mass is 9.96. The molecular formula is C25H25N3O3S. The van der Waals surface area contributed by atoms with Crippen LogP contribution >= 0.6 is 11.3 Å². The number of carbonyl (C=O) groups is 1. The molecule has 1 aliphatic rings. The van der Waals surface area contributed by atoms with Crippen LogP contribution in [0.25, 0.3) is 22.2 Å². The molecule has 164 valence electrons. The number of hydrogen-bond acceptors (Lipinski definition) is 6. The van der Waals surface area contributed by atoms with Crippen LogP contribution in [0.3, 0.4) is 0 Å². The monoisotopic (exact) mass is 447 g/mol. The van der Waals surface area contributed by atoms with Gasteiger partial charge >= 0.3 is 0 Å². The molecule has 0 saturated heterocycles. The van der Waals surface area contributed by atoms with E-state index in [2.05, 4.69) is 20.7 Å². The van der Waals surface area contributed by atoms with Crippen LogP contribution < -0.4 is 10.1 Å². The number of nitrogens with zero attached hydrogens (tertiary/aromatic N) is 2. The maximum absolute atomic E-state index is 12.2. The Kier molecular flexibility index (Phi) is 6.16. The lowest BCUT2D eigenvalue weighted by molar-refractivity contribution is -0.123. The van der Waals surface area contributed by atoms with Crippen LogP contribution in [-0.2, 0) is 24.1 Å². The van der Waals surface area contributed by atoms with E-state index in [0.29, 0.717) is 12.3 Å². The molecule has 3 heterocycles. The number of nitrogens with one attached hydrogen (secondary N) is 1. The van der Waals surface area contributed by atoms with Crippen molar-refractivity contribution in [1.82, 2.24) is 15.3 Å². The Morgan fingerprint density at radius 2 is 2.03 bits per heavy atom. The van der Waals surface area contributed by atoms with Gasteiger partial charge in [-0.1, -0.05) is 0 Å². The smallest absolute Gasteiger partial charge is 0.257 e. The second-order valence-electron chi connectivity index (χ2n) is 7.97. The SMILES string of the molecule is O=C(COc1ccc2oc3c(c2c1)CCCC3)NCCCc1nc(-c2ccncc2)cs1. The first-order valence-corrected chi connectivity index (χ1v) is 11.9. The minimum atomic E-state index is -0.115. The van der Waals surface area contributed by atoms with E-state index in [1.165, 1.54) is 18.4 Å². The summed E-state index contributed by atoms with van der Waals surface area (Å²) >= 11 is 1.65. The van der Waals surface area contributed by atoms with Crippen LogP contribution in [0.1, 0.15) is 35.6 Å². The number of aromatic nitrogens is 2. The highest BCUT2D eigenvalue weighted by atomic mass is 32.1. The first-order chi connectivity index (χ1) is 15.8. The Balaban J connectivity index is 1.07. The quantitative estimate of drug-likeness (QED) is 0.387. The molecule has 0 atom stereocenters. The third kappa shape index (κ3) is 4.67. The summed E-state index contributed by atoms with van der Waals surface area (Å²) in [5.74, 6) is 1.69. The molecule has 7 heteroatoms. The number of benzene rings is 1. The van der Waals surface area contributed by atoms with Gasteiger partial charge in [0.05, 0.1) is 10.7 Å². The van der Waals surface area contributed by atoms with Gasteiger partial charge in [-0.15, -0.1) is 11.3 Å². The van der Waals surface area contributed by atoms with Gasteiger partial charge in [-0.25, -0.2) is 4.98 Å². The molecule has 0 unspecified atom stereocenters. The van der Waals surface area contributed by atoms with E-state index < -0.39 is 0 Å². The number of furan rings is 1. The summed E-state index contributed by atoms with van der Waals surface area (Å²) in [6, 6.07) is 9.72. The third-order valence-electron chi connectivity index (χ3n) is 5.71. The number of amides is 1. The Morgan fingerprint density at radius 1 is 1.16 bits per heavy atom. The number of pyridine rings is 1. The maximum Gasteiger partial charge on any atom is 0.257 e. The number of carbonyl (C=O) groups excluding carboxylic acids is 1. The van der Waals surface area contributed by atoms with Gasteiger partial charge < -0.3 is 14.5 Å². The van der Waals surface area contributed by atoms with Gasteiger partial charge in [-0.3, -0.25) is 9.78 Å². The van der Waals surface area contributed by atoms with Gasteiger partial charge in [-0.2, -0.15) is 0 Å². The number of fused-ring (bicyclic) bond motifs is 3. The minimum Gasteiger partial charge on any atom is -0.484 e. The van der Waals surface area contributed by atoms with Crippen LogP contribution in [0.2, 0.25) is 0 Å². The van der Waals surface area contributed by atoms with Gasteiger partial charge in [0.25, 0.3) is 5.91 Å². The van der Waals surface area contributed by atoms with E-state index in [9.17, 15) is 4.79 Å². The molecule has 0 radical (unpaired) electrons. The van der Waals surface area contributed by atoms with E-state index >= 15 is 0 Å². The number of rotatable bonds is 8. The van der Waals surface area contributed by atoms with Gasteiger partial charge in [0.15, 0.2) is 6.61 Å². The molecule has 0 saturated carbocycles. The molecular weight excluding hydrogens is 422 g/mol. The van der Waals surface area contributed by atoms with E-state index in [-0.39, 0.29) is 12.5 Å². The van der Waals surface area contributed by atoms with Crippen molar-refractivity contribution in [3.63, 3.8) is 0 Å². The van der Waals surface area contributed by atoms with Gasteiger partial charge in [0.2, 0.25) is 0 Å². The van der Waals surface area contributed by atoms with Crippen molar-refractivity contribution in [3.8, 4) is 17.0 Å². The average Bonchev–Trinajstić information content (AvgIpc) is 3.45. The summed E-state index contributed by atoms with van der Waals surface area (Å²) in [6.45, 7) is 0.607. The summed E-state index contributed by atoms with van der Waals surface area (Å²) < 4.78 is 11.7. The normalized spacial score (nSPS) is 13.1. The molecule has 3 aromatic heterocycles. The van der Waals surface area contributed by atoms with Gasteiger partial charge in [0, 0.05) is 53.7 Å². The van der Waals surface area contributed by atoms with E-state index in [1.807, 2.05) is 30.3 Å². The van der Waals surface area contributed by atoms with E-state index in [0.717, 1.165) is 58.7 Å². The first kappa shape index (κ1) is 20.7. The highest BCUT2D eigenvalue weighted by Gasteiger charge is 2.18. The van der Waals surface area contributed by atoms with Gasteiger partial charge in [0.1, 0.15) is 17.1 Å². The molecule has 1 N–H and O–H groups in total. The lowest BCUT2D eigenvalue weighted by Gasteiger charge is -2.09. The van der Waals surface area contributed by atoms with Crippen LogP contribution in [0.5, 0.6) is 5.75 Å². The molecule has 1 aliphatic carbocycles. The minimum absolute atomic E-state index is 0.00892. The number of ether oxygens (including phenoxy) is 1. The second kappa shape index (κ2) is 9.53. The van der Waals surface area contributed by atoms with Crippen molar-refractivity contribution in [2.45, 2.75) is 38.5 Å². The molecule has 0 aliphatic heterocycles. The van der Waals surface area contributed by atoms with Crippen molar-refractivity contribution in [2.24, 2.45) is 0 Å². The molecule has 1 amide bonds. The van der Waals surface area contributed by atoms with Crippen LogP contribution in [0.15, 0.2) is 52.5 Å². The molecule has 0 bridgehead atoms. The highest BCUT2D eigenvalue weighted by Crippen LogP contribution is 2.33. The third-order valence-corrected chi connectivity index (χ3v) is 6.62. The first-order valence-electron chi connectivity index (χ1n) is 11.0. The van der Waals surface area contributed by atoms with E-state index in [1.54, 1.807) is 23.7 Å². The topological polar surface area (TPSA) is 77.2 Å².